The van der Waals surface area contributed by atoms with Crippen molar-refractivity contribution in [2.45, 2.75) is 50.0 Å². The highest BCUT2D eigenvalue weighted by atomic mass is 32.2. The lowest BCUT2D eigenvalue weighted by molar-refractivity contribution is 0.394. The Morgan fingerprint density at radius 3 is 2.19 bits per heavy atom. The van der Waals surface area contributed by atoms with E-state index in [1.807, 2.05) is 25.1 Å². The highest BCUT2D eigenvalue weighted by Gasteiger charge is 2.29. The van der Waals surface area contributed by atoms with Crippen molar-refractivity contribution in [2.24, 2.45) is 0 Å². The van der Waals surface area contributed by atoms with E-state index >= 15 is 0 Å². The van der Waals surface area contributed by atoms with Crippen LogP contribution in [0.2, 0.25) is 0 Å². The zero-order chi connectivity index (χ0) is 18.8. The third-order valence-corrected chi connectivity index (χ3v) is 6.20. The Kier molecular flexibility index (Phi) is 7.90. The van der Waals surface area contributed by atoms with Crippen LogP contribution in [0.4, 0.5) is 0 Å². The van der Waals surface area contributed by atoms with E-state index in [4.69, 9.17) is 6.42 Å². The summed E-state index contributed by atoms with van der Waals surface area (Å²) in [6, 6.07) is 6.63. The van der Waals surface area contributed by atoms with Crippen molar-refractivity contribution in [3.8, 4) is 12.3 Å². The second kappa shape index (κ2) is 10.2. The molecule has 26 heavy (non-hydrogen) atoms. The number of terminal acetylenes is 1. The van der Waals surface area contributed by atoms with Crippen LogP contribution in [0.15, 0.2) is 65.6 Å². The molecule has 4 heteroatoms. The Bertz CT molecular complexity index is 796. The Morgan fingerprint density at radius 1 is 1.00 bits per heavy atom. The molecule has 138 valence electrons. The molecule has 1 aliphatic rings. The summed E-state index contributed by atoms with van der Waals surface area (Å²) < 4.78 is 27.8. The lowest BCUT2D eigenvalue weighted by Gasteiger charge is -2.27. The van der Waals surface area contributed by atoms with Crippen molar-refractivity contribution in [2.75, 3.05) is 6.54 Å². The first-order chi connectivity index (χ1) is 12.6. The second-order valence-electron chi connectivity index (χ2n) is 6.40. The SMILES string of the molecule is C#CCN(C1/C=C\CC/C=C\CC/C=C\C1)S(=O)(=O)c1ccc(C)cc1. The van der Waals surface area contributed by atoms with Gasteiger partial charge in [0.2, 0.25) is 10.0 Å². The molecular weight excluding hydrogens is 342 g/mol. The molecule has 1 aliphatic carbocycles. The lowest BCUT2D eigenvalue weighted by atomic mass is 10.1. The molecule has 0 amide bonds. The lowest BCUT2D eigenvalue weighted by Crippen LogP contribution is -2.39. The molecule has 0 saturated carbocycles. The fourth-order valence-electron chi connectivity index (χ4n) is 2.84. The first kappa shape index (κ1) is 20.2. The van der Waals surface area contributed by atoms with E-state index in [1.165, 1.54) is 4.31 Å². The maximum Gasteiger partial charge on any atom is 0.244 e. The first-order valence-electron chi connectivity index (χ1n) is 9.04. The number of nitrogens with zero attached hydrogens (tertiary/aromatic N) is 1. The molecule has 0 spiro atoms. The van der Waals surface area contributed by atoms with Crippen LogP contribution in [0.25, 0.3) is 0 Å². The maximum absolute atomic E-state index is 13.2. The topological polar surface area (TPSA) is 37.4 Å². The average Bonchev–Trinajstić information content (AvgIpc) is 2.61. The van der Waals surface area contributed by atoms with Crippen molar-refractivity contribution >= 4 is 10.0 Å². The monoisotopic (exact) mass is 369 g/mol. The van der Waals surface area contributed by atoms with Crippen molar-refractivity contribution in [3.05, 3.63) is 66.3 Å². The Hall–Kier alpha value is -2.09. The third-order valence-electron chi connectivity index (χ3n) is 4.31. The van der Waals surface area contributed by atoms with Crippen molar-refractivity contribution in [1.82, 2.24) is 4.31 Å². The number of sulfonamides is 1. The summed E-state index contributed by atoms with van der Waals surface area (Å²) >= 11 is 0. The molecule has 2 rings (SSSR count). The van der Waals surface area contributed by atoms with Gasteiger partial charge >= 0.3 is 0 Å². The van der Waals surface area contributed by atoms with E-state index in [0.717, 1.165) is 31.2 Å². The van der Waals surface area contributed by atoms with Gasteiger partial charge in [0.15, 0.2) is 0 Å². The minimum atomic E-state index is -3.65. The van der Waals surface area contributed by atoms with Crippen LogP contribution in [-0.4, -0.2) is 25.3 Å². The van der Waals surface area contributed by atoms with Crippen molar-refractivity contribution in [1.29, 1.82) is 0 Å². The van der Waals surface area contributed by atoms with Crippen molar-refractivity contribution < 1.29 is 8.42 Å². The van der Waals surface area contributed by atoms with E-state index in [9.17, 15) is 8.42 Å². The largest absolute Gasteiger partial charge is 0.244 e. The molecule has 0 bridgehead atoms. The van der Waals surface area contributed by atoms with Gasteiger partial charge in [-0.2, -0.15) is 4.31 Å². The summed E-state index contributed by atoms with van der Waals surface area (Å²) in [7, 11) is -3.65. The molecule has 0 radical (unpaired) electrons. The van der Waals surface area contributed by atoms with Gasteiger partial charge < -0.3 is 0 Å². The summed E-state index contributed by atoms with van der Waals surface area (Å²) in [4.78, 5) is 0.282. The highest BCUT2D eigenvalue weighted by molar-refractivity contribution is 7.89. The smallest absolute Gasteiger partial charge is 0.207 e. The number of hydrogen-bond donors (Lipinski definition) is 0. The molecule has 0 N–H and O–H groups in total. The molecule has 0 fully saturated rings. The normalized spacial score (nSPS) is 22.6. The van der Waals surface area contributed by atoms with Gasteiger partial charge in [0.1, 0.15) is 0 Å². The maximum atomic E-state index is 13.2. The number of aryl methyl sites for hydroxylation is 1. The Morgan fingerprint density at radius 2 is 1.58 bits per heavy atom. The number of hydrogen-bond acceptors (Lipinski definition) is 2. The first-order valence-corrected chi connectivity index (χ1v) is 10.5. The molecule has 1 aromatic rings. The minimum absolute atomic E-state index is 0.0545. The minimum Gasteiger partial charge on any atom is -0.207 e. The highest BCUT2D eigenvalue weighted by Crippen LogP contribution is 2.21. The van der Waals surface area contributed by atoms with Gasteiger partial charge in [0.25, 0.3) is 0 Å². The molecule has 0 aliphatic heterocycles. The van der Waals surface area contributed by atoms with E-state index in [-0.39, 0.29) is 17.5 Å². The van der Waals surface area contributed by atoms with Crippen LogP contribution in [0.1, 0.15) is 37.7 Å². The number of benzene rings is 1. The van der Waals surface area contributed by atoms with Gasteiger partial charge in [-0.3, -0.25) is 0 Å². The van der Waals surface area contributed by atoms with E-state index in [0.29, 0.717) is 6.42 Å². The van der Waals surface area contributed by atoms with Crippen molar-refractivity contribution in [3.63, 3.8) is 0 Å². The van der Waals surface area contributed by atoms with Gasteiger partial charge in [0, 0.05) is 6.04 Å². The molecule has 3 nitrogen and oxygen atoms in total. The summed E-state index contributed by atoms with van der Waals surface area (Å²) in [6.07, 6.45) is 22.5. The predicted molar refractivity (Wildman–Crippen MR) is 108 cm³/mol. The van der Waals surface area contributed by atoms with Gasteiger partial charge in [-0.15, -0.1) is 6.42 Å². The zero-order valence-electron chi connectivity index (χ0n) is 15.3. The van der Waals surface area contributed by atoms with Gasteiger partial charge in [-0.25, -0.2) is 8.42 Å². The summed E-state index contributed by atoms with van der Waals surface area (Å²) in [5.74, 6) is 2.52. The molecule has 0 saturated heterocycles. The van der Waals surface area contributed by atoms with Crippen LogP contribution < -0.4 is 0 Å². The summed E-state index contributed by atoms with van der Waals surface area (Å²) in [6.45, 7) is 1.99. The van der Waals surface area contributed by atoms with Crippen LogP contribution in [0.3, 0.4) is 0 Å². The molecular formula is C22H27NO2S. The molecule has 0 aromatic heterocycles. The number of allylic oxidation sites excluding steroid dienone is 4. The fourth-order valence-corrected chi connectivity index (χ4v) is 4.34. The van der Waals surface area contributed by atoms with E-state index < -0.39 is 10.0 Å². The molecule has 1 unspecified atom stereocenters. The van der Waals surface area contributed by atoms with Gasteiger partial charge in [-0.05, 0) is 51.2 Å². The summed E-state index contributed by atoms with van der Waals surface area (Å²) in [5, 5.41) is 0. The fraction of sp³-hybridized carbons (Fsp3) is 0.364. The second-order valence-corrected chi connectivity index (χ2v) is 8.29. The van der Waals surface area contributed by atoms with Crippen LogP contribution in [0.5, 0.6) is 0 Å². The van der Waals surface area contributed by atoms with E-state index in [1.54, 1.807) is 12.1 Å². The molecule has 1 atom stereocenters. The van der Waals surface area contributed by atoms with E-state index in [2.05, 4.69) is 36.3 Å². The van der Waals surface area contributed by atoms with Gasteiger partial charge in [-0.1, -0.05) is 60.1 Å². The Labute approximate surface area is 158 Å². The van der Waals surface area contributed by atoms with Crippen LogP contribution >= 0.6 is 0 Å². The molecule has 1 aromatic carbocycles. The zero-order valence-corrected chi connectivity index (χ0v) is 16.2. The predicted octanol–water partition coefficient (Wildman–Crippen LogP) is 4.62. The summed E-state index contributed by atoms with van der Waals surface area (Å²) in [5.41, 5.74) is 1.02. The average molecular weight is 370 g/mol. The quantitative estimate of drug-likeness (QED) is 0.574. The number of rotatable bonds is 4. The van der Waals surface area contributed by atoms with Gasteiger partial charge in [0.05, 0.1) is 11.4 Å². The Balaban J connectivity index is 2.33. The molecule has 0 heterocycles. The third kappa shape index (κ3) is 5.72. The standard InChI is InChI=1S/C22H27NO2S/c1-3-19-23(26(24,25)22-17-15-20(2)16-18-22)21-13-11-9-7-5-4-6-8-10-12-14-21/h1,4-5,10-13,15-18,21H,6-9,14,19H2,2H3/b5-4-,12-10-,13-11-. The van der Waals surface area contributed by atoms with Crippen LogP contribution in [0, 0.1) is 19.3 Å². The van der Waals surface area contributed by atoms with Crippen LogP contribution in [-0.2, 0) is 10.0 Å².